The Kier molecular flexibility index (Phi) is 3.16. The monoisotopic (exact) mass is 223 g/mol. The molecule has 2 rings (SSSR count). The van der Waals surface area contributed by atoms with Gasteiger partial charge in [-0.05, 0) is 51.4 Å². The maximum Gasteiger partial charge on any atom is 0.194 e. The van der Waals surface area contributed by atoms with Gasteiger partial charge in [0.15, 0.2) is 5.96 Å². The van der Waals surface area contributed by atoms with Crippen LogP contribution in [0.2, 0.25) is 0 Å². The van der Waals surface area contributed by atoms with Gasteiger partial charge < -0.3 is 21.7 Å². The number of guanidine groups is 1. The third-order valence-electron chi connectivity index (χ3n) is 3.39. The van der Waals surface area contributed by atoms with E-state index in [0.29, 0.717) is 11.9 Å². The van der Waals surface area contributed by atoms with Crippen LogP contribution in [-0.4, -0.2) is 36.7 Å². The smallest absolute Gasteiger partial charge is 0.194 e. The molecule has 0 spiro atoms. The van der Waals surface area contributed by atoms with Gasteiger partial charge in [0, 0.05) is 6.20 Å². The standard InChI is InChI=1S/C11H21N5/c1-16-6-2-9(3-7-16)8-11(13)4-5-14-10(12)15-11/h4-5,9H,2-3,6-8,13H2,1H3,(H3,12,14,15). The first kappa shape index (κ1) is 11.4. The van der Waals surface area contributed by atoms with Gasteiger partial charge in [-0.1, -0.05) is 0 Å². The molecule has 5 N–H and O–H groups in total. The van der Waals surface area contributed by atoms with Crippen molar-refractivity contribution < 1.29 is 0 Å². The summed E-state index contributed by atoms with van der Waals surface area (Å²) in [5, 5.41) is 2.84. The van der Waals surface area contributed by atoms with Gasteiger partial charge in [0.25, 0.3) is 0 Å². The van der Waals surface area contributed by atoms with Crippen LogP contribution in [0, 0.1) is 5.92 Å². The minimum atomic E-state index is -0.601. The lowest BCUT2D eigenvalue weighted by Crippen LogP contribution is -2.46. The summed E-state index contributed by atoms with van der Waals surface area (Å²) < 4.78 is 0. The van der Waals surface area contributed by atoms with Crippen LogP contribution in [-0.2, 0) is 0 Å². The molecule has 0 radical (unpaired) electrons. The fourth-order valence-electron chi connectivity index (χ4n) is 2.41. The Bertz CT molecular complexity index is 303. The van der Waals surface area contributed by atoms with Crippen molar-refractivity contribution in [2.24, 2.45) is 22.4 Å². The minimum Gasteiger partial charge on any atom is -0.370 e. The highest BCUT2D eigenvalue weighted by atomic mass is 15.2. The molecule has 2 heterocycles. The molecule has 1 unspecified atom stereocenters. The van der Waals surface area contributed by atoms with Crippen LogP contribution in [0.4, 0.5) is 0 Å². The topological polar surface area (TPSA) is 79.7 Å². The van der Waals surface area contributed by atoms with Crippen LogP contribution < -0.4 is 16.8 Å². The summed E-state index contributed by atoms with van der Waals surface area (Å²) in [5.41, 5.74) is 11.2. The highest BCUT2D eigenvalue weighted by Gasteiger charge is 2.29. The van der Waals surface area contributed by atoms with E-state index in [-0.39, 0.29) is 0 Å². The molecular formula is C11H21N5. The summed E-state index contributed by atoms with van der Waals surface area (Å²) in [6, 6.07) is 0. The van der Waals surface area contributed by atoms with Crippen molar-refractivity contribution in [2.45, 2.75) is 24.9 Å². The van der Waals surface area contributed by atoms with Crippen molar-refractivity contribution >= 4 is 5.96 Å². The number of aliphatic imine (C=N–C) groups is 1. The second-order valence-corrected chi connectivity index (χ2v) is 4.92. The van der Waals surface area contributed by atoms with Crippen LogP contribution in [0.1, 0.15) is 19.3 Å². The van der Waals surface area contributed by atoms with E-state index in [0.717, 1.165) is 19.5 Å². The molecule has 5 nitrogen and oxygen atoms in total. The SMILES string of the molecule is CN1CCC(CC2(N)C=CNC(N)=N2)CC1. The Morgan fingerprint density at radius 3 is 2.88 bits per heavy atom. The fraction of sp³-hybridized carbons (Fsp3) is 0.727. The molecule has 0 aliphatic carbocycles. The van der Waals surface area contributed by atoms with Crippen molar-refractivity contribution in [2.75, 3.05) is 20.1 Å². The molecule has 90 valence electrons. The molecule has 0 aromatic carbocycles. The van der Waals surface area contributed by atoms with Gasteiger partial charge >= 0.3 is 0 Å². The van der Waals surface area contributed by atoms with Gasteiger partial charge in [0.05, 0.1) is 0 Å². The highest BCUT2D eigenvalue weighted by molar-refractivity contribution is 5.80. The Balaban J connectivity index is 1.93. The number of likely N-dealkylation sites (tertiary alicyclic amines) is 1. The van der Waals surface area contributed by atoms with E-state index in [4.69, 9.17) is 11.5 Å². The third-order valence-corrected chi connectivity index (χ3v) is 3.39. The van der Waals surface area contributed by atoms with Gasteiger partial charge in [0.2, 0.25) is 0 Å². The average molecular weight is 223 g/mol. The second-order valence-electron chi connectivity index (χ2n) is 4.92. The lowest BCUT2D eigenvalue weighted by Gasteiger charge is -2.34. The first-order valence-corrected chi connectivity index (χ1v) is 5.84. The average Bonchev–Trinajstić information content (AvgIpc) is 2.21. The van der Waals surface area contributed by atoms with Gasteiger partial charge in [-0.25, -0.2) is 4.99 Å². The Morgan fingerprint density at radius 1 is 1.56 bits per heavy atom. The Labute approximate surface area is 96.6 Å². The van der Waals surface area contributed by atoms with E-state index < -0.39 is 5.66 Å². The van der Waals surface area contributed by atoms with E-state index in [1.54, 1.807) is 6.20 Å². The van der Waals surface area contributed by atoms with Crippen LogP contribution in [0.15, 0.2) is 17.3 Å². The van der Waals surface area contributed by atoms with Gasteiger partial charge in [-0.15, -0.1) is 0 Å². The first-order chi connectivity index (χ1) is 7.57. The summed E-state index contributed by atoms with van der Waals surface area (Å²) in [6.07, 6.45) is 6.98. The van der Waals surface area contributed by atoms with Crippen molar-refractivity contribution in [1.29, 1.82) is 0 Å². The van der Waals surface area contributed by atoms with E-state index >= 15 is 0 Å². The normalized spacial score (nSPS) is 32.2. The number of nitrogens with zero attached hydrogens (tertiary/aromatic N) is 2. The van der Waals surface area contributed by atoms with Gasteiger partial charge in [0.1, 0.15) is 5.66 Å². The molecule has 0 amide bonds. The molecule has 1 fully saturated rings. The van der Waals surface area contributed by atoms with Crippen molar-refractivity contribution in [3.05, 3.63) is 12.3 Å². The van der Waals surface area contributed by atoms with E-state index in [1.165, 1.54) is 12.8 Å². The largest absolute Gasteiger partial charge is 0.370 e. The molecule has 0 bridgehead atoms. The van der Waals surface area contributed by atoms with Crippen LogP contribution in [0.3, 0.4) is 0 Å². The minimum absolute atomic E-state index is 0.415. The molecule has 1 saturated heterocycles. The van der Waals surface area contributed by atoms with E-state index in [2.05, 4.69) is 22.3 Å². The molecule has 0 saturated carbocycles. The molecule has 1 atom stereocenters. The summed E-state index contributed by atoms with van der Waals surface area (Å²) in [4.78, 5) is 6.64. The zero-order chi connectivity index (χ0) is 11.6. The molecular weight excluding hydrogens is 202 g/mol. The second kappa shape index (κ2) is 4.43. The first-order valence-electron chi connectivity index (χ1n) is 5.84. The van der Waals surface area contributed by atoms with Gasteiger partial charge in [-0.2, -0.15) is 0 Å². The number of nitrogens with one attached hydrogen (secondary N) is 1. The molecule has 5 heteroatoms. The summed E-state index contributed by atoms with van der Waals surface area (Å²) in [7, 11) is 2.16. The van der Waals surface area contributed by atoms with Crippen LogP contribution in [0.25, 0.3) is 0 Å². The highest BCUT2D eigenvalue weighted by Crippen LogP contribution is 2.26. The molecule has 2 aliphatic rings. The van der Waals surface area contributed by atoms with Crippen LogP contribution >= 0.6 is 0 Å². The fourth-order valence-corrected chi connectivity index (χ4v) is 2.41. The number of rotatable bonds is 2. The number of piperidine rings is 1. The maximum atomic E-state index is 6.21. The number of hydrogen-bond donors (Lipinski definition) is 3. The summed E-state index contributed by atoms with van der Waals surface area (Å²) in [5.74, 6) is 1.07. The summed E-state index contributed by atoms with van der Waals surface area (Å²) >= 11 is 0. The predicted octanol–water partition coefficient (Wildman–Crippen LogP) is -0.195. The molecule has 2 aliphatic heterocycles. The van der Waals surface area contributed by atoms with E-state index in [9.17, 15) is 0 Å². The van der Waals surface area contributed by atoms with E-state index in [1.807, 2.05) is 6.08 Å². The zero-order valence-electron chi connectivity index (χ0n) is 9.82. The quantitative estimate of drug-likeness (QED) is 0.606. The van der Waals surface area contributed by atoms with Gasteiger partial charge in [-0.3, -0.25) is 0 Å². The Hall–Kier alpha value is -1.07. The zero-order valence-corrected chi connectivity index (χ0v) is 9.82. The van der Waals surface area contributed by atoms with Crippen molar-refractivity contribution in [3.63, 3.8) is 0 Å². The predicted molar refractivity (Wildman–Crippen MR) is 65.7 cm³/mol. The molecule has 0 aromatic rings. The van der Waals surface area contributed by atoms with Crippen molar-refractivity contribution in [3.8, 4) is 0 Å². The third kappa shape index (κ3) is 2.74. The maximum absolute atomic E-state index is 6.21. The van der Waals surface area contributed by atoms with Crippen molar-refractivity contribution in [1.82, 2.24) is 10.2 Å². The number of nitrogens with two attached hydrogens (primary N) is 2. The Morgan fingerprint density at radius 2 is 2.25 bits per heavy atom. The summed E-state index contributed by atoms with van der Waals surface area (Å²) in [6.45, 7) is 2.31. The molecule has 16 heavy (non-hydrogen) atoms. The lowest BCUT2D eigenvalue weighted by atomic mass is 9.87. The van der Waals surface area contributed by atoms with Crippen LogP contribution in [0.5, 0.6) is 0 Å². The number of hydrogen-bond acceptors (Lipinski definition) is 5. The lowest BCUT2D eigenvalue weighted by molar-refractivity contribution is 0.196. The molecule has 0 aromatic heterocycles.